The number of carbonyl (C=O) groups is 4. The molecule has 654 valence electrons. The number of nitrogens with one attached hydrogen (secondary N) is 4. The number of amides is 4. The lowest BCUT2D eigenvalue weighted by Gasteiger charge is -2.19. The van der Waals surface area contributed by atoms with Crippen LogP contribution in [0.2, 0.25) is 0 Å². The monoisotopic (exact) mass is 1760 g/mol. The number of hydrogen-bond donors (Lipinski definition) is 4. The summed E-state index contributed by atoms with van der Waals surface area (Å²) in [5.41, 5.74) is 12.5. The molecule has 0 radical (unpaired) electrons. The maximum atomic E-state index is 13.9. The van der Waals surface area contributed by atoms with Gasteiger partial charge in [-0.05, 0) is 206 Å². The highest BCUT2D eigenvalue weighted by Crippen LogP contribution is 2.41. The van der Waals surface area contributed by atoms with Crippen LogP contribution in [0, 0.1) is 57.3 Å². The van der Waals surface area contributed by atoms with Gasteiger partial charge in [-0.3, -0.25) is 44.6 Å². The van der Waals surface area contributed by atoms with Gasteiger partial charge < -0.3 is 38.5 Å². The smallest absolute Gasteiger partial charge is 0.416 e. The molecular formula is C98H80F7N17O8. The number of aromatic nitrogens is 10. The van der Waals surface area contributed by atoms with Crippen molar-refractivity contribution in [2.45, 2.75) is 65.1 Å². The van der Waals surface area contributed by atoms with Crippen LogP contribution in [-0.2, 0) is 32.4 Å². The highest BCUT2D eigenvalue weighted by molar-refractivity contribution is 5.99. The average Bonchev–Trinajstić information content (AvgIpc) is 1.58. The van der Waals surface area contributed by atoms with E-state index in [4.69, 9.17) is 24.2 Å². The second-order valence-corrected chi connectivity index (χ2v) is 30.3. The van der Waals surface area contributed by atoms with E-state index in [1.807, 2.05) is 25.1 Å². The highest BCUT2D eigenvalue weighted by atomic mass is 19.4. The molecule has 32 heteroatoms. The average molecular weight is 1760 g/mol. The number of benzene rings is 10. The summed E-state index contributed by atoms with van der Waals surface area (Å²) in [4.78, 5) is 67.0. The molecule has 4 amide bonds. The topological polar surface area (TPSA) is 330 Å². The summed E-state index contributed by atoms with van der Waals surface area (Å²) in [6.07, 6.45) is 8.80. The van der Waals surface area contributed by atoms with Crippen LogP contribution in [0.3, 0.4) is 0 Å². The van der Waals surface area contributed by atoms with Crippen LogP contribution >= 0.6 is 0 Å². The summed E-state index contributed by atoms with van der Waals surface area (Å²) >= 11 is 0. The minimum atomic E-state index is -4.45. The molecule has 0 unspecified atom stereocenters. The minimum Gasteiger partial charge on any atom is -0.496 e. The van der Waals surface area contributed by atoms with Crippen molar-refractivity contribution in [1.82, 2.24) is 70.4 Å². The predicted molar refractivity (Wildman–Crippen MR) is 472 cm³/mol. The molecule has 16 aromatic rings. The lowest BCUT2D eigenvalue weighted by Crippen LogP contribution is -2.26. The van der Waals surface area contributed by atoms with Crippen molar-refractivity contribution >= 4 is 67.2 Å². The minimum absolute atomic E-state index is 0.123. The number of alkyl halides is 3. The van der Waals surface area contributed by atoms with Gasteiger partial charge in [0.2, 0.25) is 0 Å². The van der Waals surface area contributed by atoms with Crippen LogP contribution < -0.4 is 18.9 Å². The molecular weight excluding hydrogens is 1680 g/mol. The Hall–Kier alpha value is -16.6. The number of H-pyrrole nitrogens is 4. The van der Waals surface area contributed by atoms with Gasteiger partial charge in [0.05, 0.1) is 113 Å². The van der Waals surface area contributed by atoms with Crippen LogP contribution in [0.15, 0.2) is 231 Å². The third kappa shape index (κ3) is 20.7. The number of aromatic amines is 4. The zero-order valence-corrected chi connectivity index (χ0v) is 70.9. The standard InChI is InChI=1S/C25H21F2N3O2.C25H18FN5O2.C24H21F3N4O2.C24H20FN5O2/c1-30(14-17-6-10-22(27)21-13-28-29-24(17)21)25(31)16-5-9-20(15-3-2-4-18(26)11-15)23(12-16)32-19-7-8-19;1-31(14-20-7-15(11-27)6-19-13-29-30-24(19)20)25(32)17-3-4-22(23(10-17)33-2)18-5-16(12-28)8-21(26)9-18;1-3-33-21-10-16(7-8-20(21)15-5-4-6-19(9-15)24(25,26)27)23(32)31(2)14-18-12-28-11-17-13-29-30-22(17)18;1-3-32-22-10-16(7-8-19(22)15-5-4-6-18(25)9-15)24(31)30(2)14-17-12-27-21(11-26)20-13-28-29-23(17)20/h2-6,9-13,19H,7-8,14H2,1H3,(H,28,29);3-10,13H,14H2,1-2H3,(H,29,30);4-13H,3,14H2,1-2H3,(H,29,30);4-10,12-13H,3,14H2,1-2H3,(H,28,29). The van der Waals surface area contributed by atoms with Crippen LogP contribution in [-0.4, -0.2) is 149 Å². The SMILES string of the molecule is CCOc1cc(C(=O)N(C)Cc2cnc(C#N)c3cn[nH]c23)ccc1-c1cccc(F)c1.CCOc1cc(C(=O)N(C)Cc2cncc3cn[nH]c23)ccc1-c1cccc(C(F)(F)F)c1.CN(Cc1ccc(F)c2cn[nH]c12)C(=O)c1ccc(-c2cccc(F)c2)c(OC2CC2)c1.COc1cc(C(=O)N(C)Cc2cc(C#N)cc3cn[nH]c23)ccc1-c1cc(F)cc(C#N)c1. The molecule has 6 aromatic heterocycles. The van der Waals surface area contributed by atoms with E-state index in [9.17, 15) is 60.4 Å². The molecule has 4 N–H and O–H groups in total. The van der Waals surface area contributed by atoms with Gasteiger partial charge in [-0.2, -0.15) is 49.4 Å². The van der Waals surface area contributed by atoms with E-state index in [0.717, 1.165) is 80.7 Å². The molecule has 1 saturated carbocycles. The van der Waals surface area contributed by atoms with Crippen molar-refractivity contribution in [2.24, 2.45) is 0 Å². The predicted octanol–water partition coefficient (Wildman–Crippen LogP) is 19.3. The van der Waals surface area contributed by atoms with Gasteiger partial charge >= 0.3 is 6.18 Å². The van der Waals surface area contributed by atoms with Crippen LogP contribution in [0.4, 0.5) is 30.7 Å². The lowest BCUT2D eigenvalue weighted by molar-refractivity contribution is -0.137. The fourth-order valence-corrected chi connectivity index (χ4v) is 14.7. The van der Waals surface area contributed by atoms with Gasteiger partial charge in [0.15, 0.2) is 5.69 Å². The van der Waals surface area contributed by atoms with E-state index in [-0.39, 0.29) is 78.1 Å². The number of pyridine rings is 2. The van der Waals surface area contributed by atoms with Crippen molar-refractivity contribution in [3.05, 3.63) is 322 Å². The highest BCUT2D eigenvalue weighted by Gasteiger charge is 2.32. The van der Waals surface area contributed by atoms with E-state index in [2.05, 4.69) is 56.8 Å². The van der Waals surface area contributed by atoms with Crippen molar-refractivity contribution < 1.29 is 68.9 Å². The Morgan fingerprint density at radius 3 is 1.39 bits per heavy atom. The Labute approximate surface area is 739 Å². The normalized spacial score (nSPS) is 11.5. The number of nitrogens with zero attached hydrogens (tertiary/aromatic N) is 13. The zero-order valence-electron chi connectivity index (χ0n) is 70.9. The third-order valence-electron chi connectivity index (χ3n) is 21.2. The Morgan fingerprint density at radius 2 is 0.869 bits per heavy atom. The molecule has 1 fully saturated rings. The Morgan fingerprint density at radius 1 is 0.423 bits per heavy atom. The number of nitriles is 3. The van der Waals surface area contributed by atoms with E-state index >= 15 is 0 Å². The van der Waals surface area contributed by atoms with Crippen LogP contribution in [0.25, 0.3) is 88.1 Å². The number of fused-ring (bicyclic) bond motifs is 4. The first-order valence-electron chi connectivity index (χ1n) is 40.6. The Balaban J connectivity index is 0.000000140. The molecule has 17 rings (SSSR count). The van der Waals surface area contributed by atoms with E-state index < -0.39 is 17.6 Å². The number of rotatable bonds is 23. The molecule has 1 aliphatic carbocycles. The Bertz CT molecular complexity index is 7090. The maximum Gasteiger partial charge on any atom is 0.416 e. The quantitative estimate of drug-likeness (QED) is 0.0432. The molecule has 25 nitrogen and oxygen atoms in total. The largest absolute Gasteiger partial charge is 0.496 e. The fraction of sp³-hybridized carbons (Fsp3) is 0.173. The van der Waals surface area contributed by atoms with Gasteiger partial charge in [0, 0.05) is 139 Å². The van der Waals surface area contributed by atoms with Gasteiger partial charge in [0.25, 0.3) is 23.6 Å². The van der Waals surface area contributed by atoms with Gasteiger partial charge in [-0.1, -0.05) is 42.5 Å². The van der Waals surface area contributed by atoms with E-state index in [1.54, 1.807) is 203 Å². The van der Waals surface area contributed by atoms with Crippen molar-refractivity contribution in [2.75, 3.05) is 48.5 Å². The van der Waals surface area contributed by atoms with Crippen molar-refractivity contribution in [1.29, 1.82) is 15.8 Å². The number of carbonyl (C=O) groups excluding carboxylic acids is 4. The third-order valence-corrected chi connectivity index (χ3v) is 21.2. The first-order valence-corrected chi connectivity index (χ1v) is 40.6. The molecule has 10 aromatic carbocycles. The molecule has 0 aliphatic heterocycles. The van der Waals surface area contributed by atoms with Crippen molar-refractivity contribution in [3.63, 3.8) is 0 Å². The summed E-state index contributed by atoms with van der Waals surface area (Å²) in [7, 11) is 8.16. The first-order chi connectivity index (χ1) is 62.7. The lowest BCUT2D eigenvalue weighted by atomic mass is 10.00. The van der Waals surface area contributed by atoms with E-state index in [1.165, 1.54) is 65.6 Å². The Kier molecular flexibility index (Phi) is 27.4. The first kappa shape index (κ1) is 89.7. The summed E-state index contributed by atoms with van der Waals surface area (Å²) in [5.74, 6) is -0.702. The fourth-order valence-electron chi connectivity index (χ4n) is 14.7. The van der Waals surface area contributed by atoms with Crippen molar-refractivity contribution in [3.8, 4) is 85.7 Å². The molecule has 0 bridgehead atoms. The summed E-state index contributed by atoms with van der Waals surface area (Å²) in [5, 5.41) is 57.7. The molecule has 6 heterocycles. The second-order valence-electron chi connectivity index (χ2n) is 30.3. The second kappa shape index (κ2) is 39.7. The summed E-state index contributed by atoms with van der Waals surface area (Å²) in [6, 6.07) is 54.2. The van der Waals surface area contributed by atoms with Crippen LogP contribution in [0.1, 0.15) is 113 Å². The summed E-state index contributed by atoms with van der Waals surface area (Å²) in [6.45, 7) is 5.43. The van der Waals surface area contributed by atoms with E-state index in [0.29, 0.717) is 131 Å². The molecule has 130 heavy (non-hydrogen) atoms. The zero-order chi connectivity index (χ0) is 92.0. The maximum absolute atomic E-state index is 13.9. The molecule has 0 spiro atoms. The van der Waals surface area contributed by atoms with Gasteiger partial charge in [-0.15, -0.1) is 0 Å². The molecule has 1 aliphatic rings. The molecule has 0 atom stereocenters. The molecule has 0 saturated heterocycles. The summed E-state index contributed by atoms with van der Waals surface area (Å²) < 4.78 is 118. The number of halogens is 7. The van der Waals surface area contributed by atoms with Gasteiger partial charge in [0.1, 0.15) is 52.3 Å². The number of ether oxygens (including phenoxy) is 4. The number of methoxy groups -OCH3 is 1. The van der Waals surface area contributed by atoms with Gasteiger partial charge in [-0.25, -0.2) is 22.5 Å². The number of hydrogen-bond acceptors (Lipinski definition) is 17. The van der Waals surface area contributed by atoms with Crippen LogP contribution in [0.5, 0.6) is 23.0 Å².